The molecule has 0 N–H and O–H groups in total. The lowest BCUT2D eigenvalue weighted by atomic mass is 10.2. The van der Waals surface area contributed by atoms with Gasteiger partial charge in [0.05, 0.1) is 23.0 Å². The molecule has 0 spiro atoms. The molecule has 6 heteroatoms. The number of fused-ring (bicyclic) bond motifs is 1. The van der Waals surface area contributed by atoms with Crippen molar-refractivity contribution in [3.63, 3.8) is 0 Å². The molecule has 0 aliphatic heterocycles. The molecule has 2 heterocycles. The molecule has 0 aliphatic rings. The summed E-state index contributed by atoms with van der Waals surface area (Å²) in [7, 11) is 0. The second-order valence-corrected chi connectivity index (χ2v) is 6.87. The molecule has 2 aromatic heterocycles. The van der Waals surface area contributed by atoms with Crippen LogP contribution in [0.25, 0.3) is 16.3 Å². The van der Waals surface area contributed by atoms with E-state index in [1.807, 2.05) is 30.3 Å². The van der Waals surface area contributed by atoms with Gasteiger partial charge in [-0.25, -0.2) is 9.37 Å². The molecule has 0 saturated carbocycles. The van der Waals surface area contributed by atoms with Crippen molar-refractivity contribution in [3.05, 3.63) is 90.1 Å². The fraction of sp³-hybridized carbons (Fsp3) is 0.0476. The first-order valence-corrected chi connectivity index (χ1v) is 9.14. The summed E-state index contributed by atoms with van der Waals surface area (Å²) in [5, 5.41) is 0.495. The van der Waals surface area contributed by atoms with Crippen LogP contribution in [0, 0.1) is 5.82 Å². The third kappa shape index (κ3) is 3.96. The monoisotopic (exact) mass is 378 g/mol. The van der Waals surface area contributed by atoms with E-state index in [4.69, 9.17) is 4.42 Å². The number of hydrogen-bond acceptors (Lipinski definition) is 4. The van der Waals surface area contributed by atoms with Crippen LogP contribution in [-0.4, -0.2) is 10.9 Å². The van der Waals surface area contributed by atoms with Crippen molar-refractivity contribution in [2.75, 3.05) is 4.90 Å². The number of amides is 1. The number of carbonyl (C=O) groups excluding carboxylic acids is 1. The molecule has 0 aliphatic carbocycles. The van der Waals surface area contributed by atoms with Gasteiger partial charge in [-0.2, -0.15) is 0 Å². The van der Waals surface area contributed by atoms with Gasteiger partial charge in [-0.3, -0.25) is 9.69 Å². The summed E-state index contributed by atoms with van der Waals surface area (Å²) >= 11 is 1.27. The second kappa shape index (κ2) is 7.55. The fourth-order valence-electron chi connectivity index (χ4n) is 2.62. The van der Waals surface area contributed by atoms with Gasteiger partial charge in [-0.05, 0) is 42.0 Å². The zero-order valence-corrected chi connectivity index (χ0v) is 15.0. The van der Waals surface area contributed by atoms with E-state index in [9.17, 15) is 9.18 Å². The largest absolute Gasteiger partial charge is 0.467 e. The number of hydrogen-bond donors (Lipinski definition) is 0. The number of thiazole rings is 1. The number of rotatable bonds is 5. The summed E-state index contributed by atoms with van der Waals surface area (Å²) in [5.74, 6) is 0.0854. The van der Waals surface area contributed by atoms with Gasteiger partial charge in [-0.1, -0.05) is 41.7 Å². The van der Waals surface area contributed by atoms with Gasteiger partial charge in [-0.15, -0.1) is 0 Å². The minimum Gasteiger partial charge on any atom is -0.467 e. The lowest BCUT2D eigenvalue weighted by Gasteiger charge is -2.16. The van der Waals surface area contributed by atoms with Crippen LogP contribution >= 0.6 is 11.3 Å². The van der Waals surface area contributed by atoms with E-state index in [1.54, 1.807) is 30.5 Å². The highest BCUT2D eigenvalue weighted by molar-refractivity contribution is 7.22. The highest BCUT2D eigenvalue weighted by atomic mass is 32.1. The molecule has 4 rings (SSSR count). The van der Waals surface area contributed by atoms with Gasteiger partial charge >= 0.3 is 0 Å². The Hall–Kier alpha value is -3.25. The normalized spacial score (nSPS) is 11.3. The summed E-state index contributed by atoms with van der Waals surface area (Å²) in [4.78, 5) is 18.9. The minimum atomic E-state index is -0.328. The topological polar surface area (TPSA) is 46.3 Å². The molecule has 0 unspecified atom stereocenters. The van der Waals surface area contributed by atoms with Crippen molar-refractivity contribution in [1.29, 1.82) is 0 Å². The Morgan fingerprint density at radius 3 is 2.78 bits per heavy atom. The smallest absolute Gasteiger partial charge is 0.253 e. The van der Waals surface area contributed by atoms with E-state index in [0.717, 1.165) is 5.56 Å². The molecule has 1 amide bonds. The van der Waals surface area contributed by atoms with E-state index in [-0.39, 0.29) is 18.3 Å². The Morgan fingerprint density at radius 1 is 1.15 bits per heavy atom. The van der Waals surface area contributed by atoms with Gasteiger partial charge in [0.25, 0.3) is 5.91 Å². The summed E-state index contributed by atoms with van der Waals surface area (Å²) in [6.07, 6.45) is 4.82. The number of anilines is 1. The Morgan fingerprint density at radius 2 is 2.00 bits per heavy atom. The van der Waals surface area contributed by atoms with E-state index < -0.39 is 0 Å². The van der Waals surface area contributed by atoms with Gasteiger partial charge in [0.2, 0.25) is 0 Å². The zero-order valence-electron chi connectivity index (χ0n) is 14.2. The third-order valence-corrected chi connectivity index (χ3v) is 4.99. The van der Waals surface area contributed by atoms with E-state index in [1.165, 1.54) is 34.4 Å². The molecule has 134 valence electrons. The molecule has 0 atom stereocenters. The van der Waals surface area contributed by atoms with E-state index in [2.05, 4.69) is 4.98 Å². The molecule has 4 aromatic rings. The minimum absolute atomic E-state index is 0.227. The first kappa shape index (κ1) is 17.2. The Labute approximate surface area is 159 Å². The van der Waals surface area contributed by atoms with Crippen LogP contribution in [0.2, 0.25) is 0 Å². The second-order valence-electron chi connectivity index (χ2n) is 5.86. The van der Waals surface area contributed by atoms with Gasteiger partial charge in [0, 0.05) is 6.08 Å². The van der Waals surface area contributed by atoms with Crippen molar-refractivity contribution in [2.45, 2.75) is 6.54 Å². The SMILES string of the molecule is O=C(/C=C/c1ccccc1)N(Cc1ccco1)c1nc2ccc(F)cc2s1. The van der Waals surface area contributed by atoms with Crippen LogP contribution in [0.4, 0.5) is 9.52 Å². The van der Waals surface area contributed by atoms with Gasteiger partial charge in [0.1, 0.15) is 11.6 Å². The predicted octanol–water partition coefficient (Wildman–Crippen LogP) is 5.28. The molecule has 4 nitrogen and oxygen atoms in total. The maximum absolute atomic E-state index is 13.5. The highest BCUT2D eigenvalue weighted by Crippen LogP contribution is 2.30. The van der Waals surface area contributed by atoms with Crippen LogP contribution in [0.5, 0.6) is 0 Å². The highest BCUT2D eigenvalue weighted by Gasteiger charge is 2.19. The number of aromatic nitrogens is 1. The molecule has 0 bridgehead atoms. The molecule has 0 fully saturated rings. The average Bonchev–Trinajstić information content (AvgIpc) is 3.34. The maximum atomic E-state index is 13.5. The van der Waals surface area contributed by atoms with Crippen LogP contribution in [0.15, 0.2) is 77.4 Å². The van der Waals surface area contributed by atoms with Crippen molar-refractivity contribution < 1.29 is 13.6 Å². The lowest BCUT2D eigenvalue weighted by Crippen LogP contribution is -2.28. The number of benzene rings is 2. The number of nitrogens with zero attached hydrogens (tertiary/aromatic N) is 2. The number of halogens is 1. The first-order chi connectivity index (χ1) is 13.2. The van der Waals surface area contributed by atoms with Crippen molar-refractivity contribution in [3.8, 4) is 0 Å². The quantitative estimate of drug-likeness (QED) is 0.444. The van der Waals surface area contributed by atoms with E-state index in [0.29, 0.717) is 21.1 Å². The molecular formula is C21H15FN2O2S. The Balaban J connectivity index is 1.67. The van der Waals surface area contributed by atoms with Crippen LogP contribution in [0.3, 0.4) is 0 Å². The van der Waals surface area contributed by atoms with Crippen molar-refractivity contribution in [1.82, 2.24) is 4.98 Å². The number of furan rings is 1. The third-order valence-electron chi connectivity index (χ3n) is 3.95. The first-order valence-electron chi connectivity index (χ1n) is 8.32. The summed E-state index contributed by atoms with van der Waals surface area (Å²) in [6, 6.07) is 17.5. The van der Waals surface area contributed by atoms with Crippen LogP contribution in [-0.2, 0) is 11.3 Å². The molecule has 0 radical (unpaired) electrons. The molecule has 2 aromatic carbocycles. The van der Waals surface area contributed by atoms with Gasteiger partial charge in [0.15, 0.2) is 5.13 Å². The molecule has 0 saturated heterocycles. The van der Waals surface area contributed by atoms with Crippen molar-refractivity contribution >= 4 is 38.7 Å². The predicted molar refractivity (Wildman–Crippen MR) is 105 cm³/mol. The zero-order chi connectivity index (χ0) is 18.6. The van der Waals surface area contributed by atoms with Crippen molar-refractivity contribution in [2.24, 2.45) is 0 Å². The summed E-state index contributed by atoms with van der Waals surface area (Å²) in [5.41, 5.74) is 1.58. The summed E-state index contributed by atoms with van der Waals surface area (Å²) < 4.78 is 19.6. The Kier molecular flexibility index (Phi) is 4.80. The Bertz CT molecular complexity index is 1090. The van der Waals surface area contributed by atoms with Crippen LogP contribution in [0.1, 0.15) is 11.3 Å². The molecular weight excluding hydrogens is 363 g/mol. The standard InChI is InChI=1S/C21H15FN2O2S/c22-16-9-10-18-19(13-16)27-21(23-18)24(14-17-7-4-12-26-17)20(25)11-8-15-5-2-1-3-6-15/h1-13H,14H2/b11-8+. The average molecular weight is 378 g/mol. The fourth-order valence-corrected chi connectivity index (χ4v) is 3.62. The van der Waals surface area contributed by atoms with E-state index >= 15 is 0 Å². The number of carbonyl (C=O) groups is 1. The molecule has 27 heavy (non-hydrogen) atoms. The van der Waals surface area contributed by atoms with Gasteiger partial charge < -0.3 is 4.42 Å². The van der Waals surface area contributed by atoms with Crippen LogP contribution < -0.4 is 4.90 Å². The maximum Gasteiger partial charge on any atom is 0.253 e. The summed E-state index contributed by atoms with van der Waals surface area (Å²) in [6.45, 7) is 0.243. The lowest BCUT2D eigenvalue weighted by molar-refractivity contribution is -0.114.